The fraction of sp³-hybridized carbons (Fsp3) is 0.643. The number of rotatable bonds is 7. The van der Waals surface area contributed by atoms with Crippen LogP contribution in [-0.2, 0) is 0 Å². The van der Waals surface area contributed by atoms with Crippen LogP contribution in [0, 0.1) is 5.92 Å². The van der Waals surface area contributed by atoms with E-state index in [9.17, 15) is 4.79 Å². The highest BCUT2D eigenvalue weighted by Crippen LogP contribution is 2.08. The van der Waals surface area contributed by atoms with E-state index in [0.717, 1.165) is 12.8 Å². The molecule has 0 aliphatic heterocycles. The second-order valence-corrected chi connectivity index (χ2v) is 5.24. The smallest absolute Gasteiger partial charge is 0.271 e. The topological polar surface area (TPSA) is 66.9 Å². The summed E-state index contributed by atoms with van der Waals surface area (Å²) in [5.74, 6) is 1.21. The van der Waals surface area contributed by atoms with E-state index < -0.39 is 0 Å². The highest BCUT2D eigenvalue weighted by atomic mass is 16.1. The number of nitrogens with zero attached hydrogens (tertiary/aromatic N) is 2. The quantitative estimate of drug-likeness (QED) is 0.794. The lowest BCUT2D eigenvalue weighted by molar-refractivity contribution is 0.0932. The Kier molecular flexibility index (Phi) is 6.25. The van der Waals surface area contributed by atoms with Crippen LogP contribution in [0.2, 0.25) is 0 Å². The van der Waals surface area contributed by atoms with Gasteiger partial charge in [-0.2, -0.15) is 0 Å². The number of aromatic nitrogens is 2. The monoisotopic (exact) mass is 264 g/mol. The van der Waals surface area contributed by atoms with E-state index in [-0.39, 0.29) is 11.9 Å². The molecule has 1 rings (SSSR count). The summed E-state index contributed by atoms with van der Waals surface area (Å²) in [6, 6.07) is 0.164. The molecule has 5 nitrogen and oxygen atoms in total. The molecule has 1 atom stereocenters. The molecule has 1 heterocycles. The Balaban J connectivity index is 2.40. The standard InChI is InChI=1S/C14H24N4O/c1-10(2)6-5-7-11(3)18-14(19)12-8-17-13(15-4)9-16-12/h8-11H,5-7H2,1-4H3,(H,15,17)(H,18,19). The normalized spacial score (nSPS) is 12.3. The number of anilines is 1. The molecule has 0 spiro atoms. The van der Waals surface area contributed by atoms with E-state index in [0.29, 0.717) is 17.4 Å². The predicted octanol–water partition coefficient (Wildman–Crippen LogP) is 2.46. The van der Waals surface area contributed by atoms with Crippen LogP contribution < -0.4 is 10.6 Å². The van der Waals surface area contributed by atoms with E-state index in [4.69, 9.17) is 0 Å². The van der Waals surface area contributed by atoms with Crippen LogP contribution >= 0.6 is 0 Å². The van der Waals surface area contributed by atoms with E-state index in [1.54, 1.807) is 13.2 Å². The molecular weight excluding hydrogens is 240 g/mol. The summed E-state index contributed by atoms with van der Waals surface area (Å²) in [5.41, 5.74) is 0.356. The third kappa shape index (κ3) is 5.68. The molecular formula is C14H24N4O. The van der Waals surface area contributed by atoms with E-state index in [2.05, 4.69) is 34.4 Å². The van der Waals surface area contributed by atoms with Crippen molar-refractivity contribution < 1.29 is 4.79 Å². The number of hydrogen-bond donors (Lipinski definition) is 2. The molecule has 2 N–H and O–H groups in total. The average molecular weight is 264 g/mol. The molecule has 106 valence electrons. The number of hydrogen-bond acceptors (Lipinski definition) is 4. The molecule has 0 aliphatic rings. The van der Waals surface area contributed by atoms with Gasteiger partial charge in [-0.3, -0.25) is 4.79 Å². The van der Waals surface area contributed by atoms with Gasteiger partial charge in [0, 0.05) is 13.1 Å². The average Bonchev–Trinajstić information content (AvgIpc) is 2.38. The molecule has 0 fully saturated rings. The van der Waals surface area contributed by atoms with E-state index in [1.807, 2.05) is 6.92 Å². The summed E-state index contributed by atoms with van der Waals surface area (Å²) in [6.07, 6.45) is 6.35. The second-order valence-electron chi connectivity index (χ2n) is 5.24. The minimum Gasteiger partial charge on any atom is -0.372 e. The first-order chi connectivity index (χ1) is 9.02. The Bertz CT molecular complexity index is 389. The first-order valence-corrected chi connectivity index (χ1v) is 6.83. The molecule has 0 bridgehead atoms. The van der Waals surface area contributed by atoms with Crippen molar-refractivity contribution >= 4 is 11.7 Å². The summed E-state index contributed by atoms with van der Waals surface area (Å²) in [7, 11) is 1.76. The molecule has 1 amide bonds. The molecule has 0 saturated heterocycles. The molecule has 5 heteroatoms. The van der Waals surface area contributed by atoms with Gasteiger partial charge in [0.2, 0.25) is 0 Å². The van der Waals surface area contributed by atoms with Gasteiger partial charge in [0.15, 0.2) is 0 Å². The molecule has 1 aromatic rings. The zero-order valence-corrected chi connectivity index (χ0v) is 12.2. The lowest BCUT2D eigenvalue weighted by Gasteiger charge is -2.14. The third-order valence-electron chi connectivity index (χ3n) is 2.94. The Labute approximate surface area is 115 Å². The lowest BCUT2D eigenvalue weighted by Crippen LogP contribution is -2.33. The zero-order valence-electron chi connectivity index (χ0n) is 12.2. The molecule has 19 heavy (non-hydrogen) atoms. The van der Waals surface area contributed by atoms with Crippen molar-refractivity contribution in [1.82, 2.24) is 15.3 Å². The molecule has 1 aromatic heterocycles. The summed E-state index contributed by atoms with van der Waals surface area (Å²) >= 11 is 0. The Morgan fingerprint density at radius 2 is 1.95 bits per heavy atom. The van der Waals surface area contributed by atoms with Gasteiger partial charge in [0.25, 0.3) is 5.91 Å². The van der Waals surface area contributed by atoms with Crippen LogP contribution in [0.3, 0.4) is 0 Å². The van der Waals surface area contributed by atoms with Crippen molar-refractivity contribution in [2.75, 3.05) is 12.4 Å². The fourth-order valence-electron chi connectivity index (χ4n) is 1.78. The third-order valence-corrected chi connectivity index (χ3v) is 2.94. The van der Waals surface area contributed by atoms with Crippen LogP contribution in [0.5, 0.6) is 0 Å². The highest BCUT2D eigenvalue weighted by molar-refractivity contribution is 5.92. The van der Waals surface area contributed by atoms with E-state index >= 15 is 0 Å². The van der Waals surface area contributed by atoms with E-state index in [1.165, 1.54) is 12.6 Å². The molecule has 0 radical (unpaired) electrons. The van der Waals surface area contributed by atoms with Gasteiger partial charge in [0.1, 0.15) is 11.5 Å². The van der Waals surface area contributed by atoms with Gasteiger partial charge in [-0.25, -0.2) is 9.97 Å². The first kappa shape index (κ1) is 15.4. The van der Waals surface area contributed by atoms with Crippen molar-refractivity contribution in [2.24, 2.45) is 5.92 Å². The summed E-state index contributed by atoms with van der Waals surface area (Å²) < 4.78 is 0. The van der Waals surface area contributed by atoms with Gasteiger partial charge >= 0.3 is 0 Å². The van der Waals surface area contributed by atoms with Gasteiger partial charge in [0.05, 0.1) is 12.4 Å². The Morgan fingerprint density at radius 3 is 2.47 bits per heavy atom. The predicted molar refractivity (Wildman–Crippen MR) is 77.2 cm³/mol. The molecule has 1 unspecified atom stereocenters. The number of nitrogens with one attached hydrogen (secondary N) is 2. The van der Waals surface area contributed by atoms with Gasteiger partial charge in [-0.15, -0.1) is 0 Å². The summed E-state index contributed by atoms with van der Waals surface area (Å²) in [4.78, 5) is 20.1. The Hall–Kier alpha value is -1.65. The first-order valence-electron chi connectivity index (χ1n) is 6.83. The molecule has 0 saturated carbocycles. The minimum absolute atomic E-state index is 0.160. The molecule has 0 aliphatic carbocycles. The second kappa shape index (κ2) is 7.71. The van der Waals surface area contributed by atoms with Gasteiger partial charge in [-0.05, 0) is 19.3 Å². The van der Waals surface area contributed by atoms with Crippen molar-refractivity contribution in [1.29, 1.82) is 0 Å². The van der Waals surface area contributed by atoms with Crippen LogP contribution in [0.1, 0.15) is 50.5 Å². The minimum atomic E-state index is -0.160. The van der Waals surface area contributed by atoms with Crippen LogP contribution in [-0.4, -0.2) is 29.0 Å². The van der Waals surface area contributed by atoms with Crippen molar-refractivity contribution in [2.45, 2.75) is 46.1 Å². The maximum Gasteiger partial charge on any atom is 0.271 e. The summed E-state index contributed by atoms with van der Waals surface area (Å²) in [6.45, 7) is 6.44. The van der Waals surface area contributed by atoms with Gasteiger partial charge in [-0.1, -0.05) is 26.7 Å². The SMILES string of the molecule is CNc1cnc(C(=O)NC(C)CCCC(C)C)cn1. The lowest BCUT2D eigenvalue weighted by atomic mass is 10.0. The maximum absolute atomic E-state index is 11.9. The largest absolute Gasteiger partial charge is 0.372 e. The van der Waals surface area contributed by atoms with Crippen molar-refractivity contribution in [3.63, 3.8) is 0 Å². The van der Waals surface area contributed by atoms with Crippen molar-refractivity contribution in [3.05, 3.63) is 18.1 Å². The van der Waals surface area contributed by atoms with Crippen LogP contribution in [0.4, 0.5) is 5.82 Å². The highest BCUT2D eigenvalue weighted by Gasteiger charge is 2.11. The Morgan fingerprint density at radius 1 is 1.21 bits per heavy atom. The van der Waals surface area contributed by atoms with Gasteiger partial charge < -0.3 is 10.6 Å². The van der Waals surface area contributed by atoms with Crippen molar-refractivity contribution in [3.8, 4) is 0 Å². The fourth-order valence-corrected chi connectivity index (χ4v) is 1.78. The van der Waals surface area contributed by atoms with Crippen LogP contribution in [0.15, 0.2) is 12.4 Å². The van der Waals surface area contributed by atoms with Crippen LogP contribution in [0.25, 0.3) is 0 Å². The number of carbonyl (C=O) groups excluding carboxylic acids is 1. The summed E-state index contributed by atoms with van der Waals surface area (Å²) in [5, 5.41) is 5.81. The zero-order chi connectivity index (χ0) is 14.3. The number of carbonyl (C=O) groups is 1. The maximum atomic E-state index is 11.9. The number of amides is 1. The molecule has 0 aromatic carbocycles.